The highest BCUT2D eigenvalue weighted by molar-refractivity contribution is 7.85. The number of carboxylic acids is 1. The zero-order valence-electron chi connectivity index (χ0n) is 9.23. The standard InChI is InChI=1S/C11H11ClFNO3S/c12-7-3-6(1-2-8(7)13)9-4-18(17)5-10(14-9)11(15)16/h1-3,9-10,14H,4-5H2,(H,15,16). The summed E-state index contributed by atoms with van der Waals surface area (Å²) in [5, 5.41) is 11.8. The summed E-state index contributed by atoms with van der Waals surface area (Å²) in [4.78, 5) is 10.9. The number of benzene rings is 1. The Morgan fingerprint density at radius 2 is 2.22 bits per heavy atom. The van der Waals surface area contributed by atoms with E-state index in [4.69, 9.17) is 16.7 Å². The summed E-state index contributed by atoms with van der Waals surface area (Å²) in [7, 11) is -1.21. The van der Waals surface area contributed by atoms with Crippen LogP contribution in [0.15, 0.2) is 18.2 Å². The van der Waals surface area contributed by atoms with Gasteiger partial charge in [0.15, 0.2) is 0 Å². The number of carbonyl (C=O) groups is 1. The van der Waals surface area contributed by atoms with Gasteiger partial charge in [-0.25, -0.2) is 4.39 Å². The molecule has 1 fully saturated rings. The highest BCUT2D eigenvalue weighted by atomic mass is 35.5. The molecular formula is C11H11ClFNO3S. The van der Waals surface area contributed by atoms with Crippen molar-refractivity contribution in [1.82, 2.24) is 5.32 Å². The van der Waals surface area contributed by atoms with Crippen LogP contribution in [0.25, 0.3) is 0 Å². The first kappa shape index (κ1) is 13.5. The molecule has 1 aliphatic heterocycles. The van der Waals surface area contributed by atoms with Crippen molar-refractivity contribution in [3.8, 4) is 0 Å². The van der Waals surface area contributed by atoms with Gasteiger partial charge in [-0.2, -0.15) is 0 Å². The summed E-state index contributed by atoms with van der Waals surface area (Å²) in [5.74, 6) is -1.19. The molecule has 1 aliphatic rings. The lowest BCUT2D eigenvalue weighted by Gasteiger charge is -2.28. The topological polar surface area (TPSA) is 66.4 Å². The molecule has 0 bridgehead atoms. The van der Waals surface area contributed by atoms with E-state index in [0.717, 1.165) is 0 Å². The van der Waals surface area contributed by atoms with Crippen LogP contribution in [0, 0.1) is 5.82 Å². The largest absolute Gasteiger partial charge is 0.480 e. The molecule has 0 saturated carbocycles. The molecule has 0 aliphatic carbocycles. The summed E-state index contributed by atoms with van der Waals surface area (Å²) >= 11 is 5.67. The Balaban J connectivity index is 2.23. The van der Waals surface area contributed by atoms with Crippen LogP contribution in [-0.2, 0) is 15.6 Å². The number of nitrogens with one attached hydrogen (secondary N) is 1. The Bertz CT molecular complexity index is 511. The van der Waals surface area contributed by atoms with Crippen molar-refractivity contribution >= 4 is 28.4 Å². The fourth-order valence-corrected chi connectivity index (χ4v) is 3.44. The molecule has 1 aromatic carbocycles. The van der Waals surface area contributed by atoms with Crippen molar-refractivity contribution in [2.45, 2.75) is 12.1 Å². The molecule has 1 heterocycles. The summed E-state index contributed by atoms with van der Waals surface area (Å²) < 4.78 is 24.7. The molecule has 18 heavy (non-hydrogen) atoms. The molecule has 7 heteroatoms. The van der Waals surface area contributed by atoms with Crippen molar-refractivity contribution < 1.29 is 18.5 Å². The predicted molar refractivity (Wildman–Crippen MR) is 66.6 cm³/mol. The van der Waals surface area contributed by atoms with Crippen LogP contribution in [0.1, 0.15) is 11.6 Å². The minimum absolute atomic E-state index is 0.0301. The first-order chi connectivity index (χ1) is 8.47. The van der Waals surface area contributed by atoms with Crippen LogP contribution in [0.4, 0.5) is 4.39 Å². The van der Waals surface area contributed by atoms with E-state index in [1.807, 2.05) is 0 Å². The Kier molecular flexibility index (Phi) is 3.99. The van der Waals surface area contributed by atoms with Gasteiger partial charge in [-0.3, -0.25) is 14.3 Å². The SMILES string of the molecule is O=C(O)C1CS(=O)CC(c2ccc(F)c(Cl)c2)N1. The van der Waals surface area contributed by atoms with Gasteiger partial charge in [-0.1, -0.05) is 17.7 Å². The molecule has 4 nitrogen and oxygen atoms in total. The van der Waals surface area contributed by atoms with Crippen molar-refractivity contribution in [1.29, 1.82) is 0 Å². The number of hydrogen-bond donors (Lipinski definition) is 2. The van der Waals surface area contributed by atoms with Crippen LogP contribution in [-0.4, -0.2) is 32.8 Å². The fraction of sp³-hybridized carbons (Fsp3) is 0.364. The van der Waals surface area contributed by atoms with Gasteiger partial charge in [0, 0.05) is 28.3 Å². The molecule has 2 rings (SSSR count). The molecule has 1 saturated heterocycles. The van der Waals surface area contributed by atoms with Crippen molar-refractivity contribution in [2.24, 2.45) is 0 Å². The normalized spacial score (nSPS) is 28.0. The zero-order valence-corrected chi connectivity index (χ0v) is 10.8. The molecule has 1 aromatic rings. The van der Waals surface area contributed by atoms with Gasteiger partial charge in [0.2, 0.25) is 0 Å². The lowest BCUT2D eigenvalue weighted by Crippen LogP contribution is -2.49. The van der Waals surface area contributed by atoms with Crippen LogP contribution >= 0.6 is 11.6 Å². The minimum Gasteiger partial charge on any atom is -0.480 e. The second-order valence-electron chi connectivity index (χ2n) is 4.06. The second-order valence-corrected chi connectivity index (χ2v) is 6.01. The fourth-order valence-electron chi connectivity index (χ4n) is 1.84. The van der Waals surface area contributed by atoms with E-state index in [0.29, 0.717) is 11.3 Å². The zero-order chi connectivity index (χ0) is 13.3. The molecule has 3 atom stereocenters. The molecule has 0 spiro atoms. The Morgan fingerprint density at radius 3 is 2.83 bits per heavy atom. The number of halogens is 2. The quantitative estimate of drug-likeness (QED) is 0.863. The Hall–Kier alpha value is -0.980. The summed E-state index contributed by atoms with van der Waals surface area (Å²) in [6, 6.07) is 2.91. The van der Waals surface area contributed by atoms with Gasteiger partial charge in [-0.05, 0) is 17.7 Å². The summed E-state index contributed by atoms with van der Waals surface area (Å²) in [6.45, 7) is 0. The number of rotatable bonds is 2. The van der Waals surface area contributed by atoms with E-state index < -0.39 is 34.7 Å². The van der Waals surface area contributed by atoms with Crippen LogP contribution in [0.5, 0.6) is 0 Å². The molecule has 0 radical (unpaired) electrons. The average Bonchev–Trinajstić information content (AvgIpc) is 2.31. The Labute approximate surface area is 111 Å². The van der Waals surface area contributed by atoms with Gasteiger partial charge in [0.1, 0.15) is 11.9 Å². The second kappa shape index (κ2) is 5.34. The lowest BCUT2D eigenvalue weighted by molar-refractivity contribution is -0.139. The third kappa shape index (κ3) is 2.88. The molecule has 0 aromatic heterocycles. The van der Waals surface area contributed by atoms with E-state index in [9.17, 15) is 13.4 Å². The van der Waals surface area contributed by atoms with Gasteiger partial charge < -0.3 is 5.11 Å². The molecular weight excluding hydrogens is 281 g/mol. The monoisotopic (exact) mass is 291 g/mol. The predicted octanol–water partition coefficient (Wildman–Crippen LogP) is 1.33. The van der Waals surface area contributed by atoms with Crippen LogP contribution < -0.4 is 5.32 Å². The summed E-state index contributed by atoms with van der Waals surface area (Å²) in [6.07, 6.45) is 0. The van der Waals surface area contributed by atoms with Crippen LogP contribution in [0.2, 0.25) is 5.02 Å². The summed E-state index contributed by atoms with van der Waals surface area (Å²) in [5.41, 5.74) is 0.640. The molecule has 0 amide bonds. The molecule has 3 unspecified atom stereocenters. The highest BCUT2D eigenvalue weighted by Crippen LogP contribution is 2.24. The van der Waals surface area contributed by atoms with Gasteiger partial charge in [-0.15, -0.1) is 0 Å². The molecule has 2 N–H and O–H groups in total. The van der Waals surface area contributed by atoms with Crippen molar-refractivity contribution in [3.05, 3.63) is 34.6 Å². The Morgan fingerprint density at radius 1 is 1.50 bits per heavy atom. The average molecular weight is 292 g/mol. The van der Waals surface area contributed by atoms with E-state index in [1.165, 1.54) is 18.2 Å². The maximum Gasteiger partial charge on any atom is 0.321 e. The maximum atomic E-state index is 13.0. The van der Waals surface area contributed by atoms with E-state index in [-0.39, 0.29) is 10.8 Å². The van der Waals surface area contributed by atoms with Crippen molar-refractivity contribution in [3.63, 3.8) is 0 Å². The highest BCUT2D eigenvalue weighted by Gasteiger charge is 2.31. The number of aliphatic carboxylic acids is 1. The van der Waals surface area contributed by atoms with E-state index >= 15 is 0 Å². The smallest absolute Gasteiger partial charge is 0.321 e. The van der Waals surface area contributed by atoms with Crippen molar-refractivity contribution in [2.75, 3.05) is 11.5 Å². The minimum atomic E-state index is -1.21. The molecule has 98 valence electrons. The van der Waals surface area contributed by atoms with Gasteiger partial charge >= 0.3 is 5.97 Å². The first-order valence-corrected chi connectivity index (χ1v) is 7.12. The van der Waals surface area contributed by atoms with E-state index in [2.05, 4.69) is 5.32 Å². The first-order valence-electron chi connectivity index (χ1n) is 5.26. The third-order valence-corrected chi connectivity index (χ3v) is 4.45. The van der Waals surface area contributed by atoms with Gasteiger partial charge in [0.25, 0.3) is 0 Å². The maximum absolute atomic E-state index is 13.0. The van der Waals surface area contributed by atoms with E-state index in [1.54, 1.807) is 0 Å². The van der Waals surface area contributed by atoms with Gasteiger partial charge in [0.05, 0.1) is 5.02 Å². The number of carboxylic acid groups (broad SMARTS) is 1. The third-order valence-electron chi connectivity index (χ3n) is 2.75. The lowest BCUT2D eigenvalue weighted by atomic mass is 10.1. The number of hydrogen-bond acceptors (Lipinski definition) is 3. The van der Waals surface area contributed by atoms with Crippen LogP contribution in [0.3, 0.4) is 0 Å².